The number of ether oxygens (including phenoxy) is 4. The van der Waals surface area contributed by atoms with Gasteiger partial charge in [-0.05, 0) is 49.4 Å². The highest BCUT2D eigenvalue weighted by Gasteiger charge is 2.30. The number of phosphoric ester groups is 2. The molecule has 0 bridgehead atoms. The summed E-state index contributed by atoms with van der Waals surface area (Å²) in [5.41, 5.74) is 0. The SMILES string of the molecule is CC(C)CCCCCCCCCCCCCCCC(=O)O[C@H](COC(=O)CCCCCCCCCCCCC(C)C)COP(=O)(O)OC[C@@H](O)COP(=O)(O)OC[C@@H](COC(=O)CCCCCCCCCCCC(C)C)OC(=O)CCCCCCCCCCCC(C)C. The van der Waals surface area contributed by atoms with Crippen LogP contribution in [0.3, 0.4) is 0 Å². The summed E-state index contributed by atoms with van der Waals surface area (Å²) in [4.78, 5) is 72.7. The van der Waals surface area contributed by atoms with Gasteiger partial charge >= 0.3 is 39.5 Å². The fourth-order valence-electron chi connectivity index (χ4n) is 11.2. The number of esters is 4. The molecule has 0 rings (SSSR count). The molecule has 19 heteroatoms. The molecule has 17 nitrogen and oxygen atoms in total. The van der Waals surface area contributed by atoms with Crippen molar-refractivity contribution in [2.45, 2.75) is 388 Å². The Morgan fingerprint density at radius 2 is 0.452 bits per heavy atom. The van der Waals surface area contributed by atoms with Gasteiger partial charge in [-0.1, -0.05) is 319 Å². The van der Waals surface area contributed by atoms with E-state index in [2.05, 4.69) is 55.4 Å². The lowest BCUT2D eigenvalue weighted by molar-refractivity contribution is -0.161. The van der Waals surface area contributed by atoms with Gasteiger partial charge in [-0.25, -0.2) is 9.13 Å². The predicted octanol–water partition coefficient (Wildman–Crippen LogP) is 21.3. The van der Waals surface area contributed by atoms with Gasteiger partial charge in [0.25, 0.3) is 0 Å². The third-order valence-electron chi connectivity index (χ3n) is 17.1. The molecule has 0 fully saturated rings. The minimum atomic E-state index is -4.96. The Hall–Kier alpha value is -1.94. The molecule has 93 heavy (non-hydrogen) atoms. The van der Waals surface area contributed by atoms with Crippen LogP contribution in [-0.4, -0.2) is 96.7 Å². The molecule has 0 aromatic carbocycles. The van der Waals surface area contributed by atoms with Crippen LogP contribution in [0.25, 0.3) is 0 Å². The Bertz CT molecular complexity index is 1830. The predicted molar refractivity (Wildman–Crippen MR) is 377 cm³/mol. The van der Waals surface area contributed by atoms with Crippen molar-refractivity contribution < 1.29 is 80.2 Å². The standard InChI is InChI=1S/C74H144O17P2/c1-64(2)50-42-34-26-18-12-10-9-11-13-23-32-40-48-56-73(78)90-69(60-84-71(76)54-46-38-30-22-15-14-19-27-35-43-51-65(3)4)62-88-92(80,81)86-58-68(75)59-87-93(82,83)89-63-70(91-74(79)57-49-41-33-25-17-21-29-37-45-53-67(7)8)61-85-72(77)55-47-39-31-24-16-20-28-36-44-52-66(5)6/h64-70,75H,9-63H2,1-8H3,(H,80,81)(H,82,83)/t68-,69-,70-/m1/s1. The fourth-order valence-corrected chi connectivity index (χ4v) is 12.8. The second-order valence-electron chi connectivity index (χ2n) is 28.6. The van der Waals surface area contributed by atoms with Gasteiger partial charge in [0.15, 0.2) is 12.2 Å². The van der Waals surface area contributed by atoms with Crippen molar-refractivity contribution in [1.29, 1.82) is 0 Å². The number of unbranched alkanes of at least 4 members (excludes halogenated alkanes) is 37. The zero-order valence-corrected chi connectivity index (χ0v) is 62.7. The van der Waals surface area contributed by atoms with Crippen molar-refractivity contribution in [2.75, 3.05) is 39.6 Å². The van der Waals surface area contributed by atoms with Crippen molar-refractivity contribution in [3.63, 3.8) is 0 Å². The van der Waals surface area contributed by atoms with Crippen LogP contribution in [0, 0.1) is 23.7 Å². The van der Waals surface area contributed by atoms with E-state index in [0.29, 0.717) is 25.7 Å². The Kier molecular flexibility index (Phi) is 62.2. The Labute approximate surface area is 568 Å². The topological polar surface area (TPSA) is 237 Å². The van der Waals surface area contributed by atoms with Gasteiger partial charge < -0.3 is 33.8 Å². The van der Waals surface area contributed by atoms with Gasteiger partial charge in [-0.15, -0.1) is 0 Å². The highest BCUT2D eigenvalue weighted by molar-refractivity contribution is 7.47. The highest BCUT2D eigenvalue weighted by atomic mass is 31.2. The summed E-state index contributed by atoms with van der Waals surface area (Å²) in [6, 6.07) is 0. The molecule has 0 saturated carbocycles. The van der Waals surface area contributed by atoms with Crippen LogP contribution >= 0.6 is 15.6 Å². The van der Waals surface area contributed by atoms with Gasteiger partial charge in [-0.2, -0.15) is 0 Å². The van der Waals surface area contributed by atoms with Gasteiger partial charge in [0.05, 0.1) is 26.4 Å². The second kappa shape index (κ2) is 63.5. The molecule has 0 saturated heterocycles. The van der Waals surface area contributed by atoms with Crippen LogP contribution in [0.5, 0.6) is 0 Å². The molecule has 0 aromatic heterocycles. The Morgan fingerprint density at radius 3 is 0.667 bits per heavy atom. The summed E-state index contributed by atoms with van der Waals surface area (Å²) in [5, 5.41) is 10.6. The molecule has 3 N–H and O–H groups in total. The summed E-state index contributed by atoms with van der Waals surface area (Å²) in [5.74, 6) is 0.902. The smallest absolute Gasteiger partial charge is 0.462 e. The molecule has 0 aliphatic heterocycles. The number of carbonyl (C=O) groups is 4. The highest BCUT2D eigenvalue weighted by Crippen LogP contribution is 2.45. The van der Waals surface area contributed by atoms with Crippen molar-refractivity contribution in [3.05, 3.63) is 0 Å². The van der Waals surface area contributed by atoms with E-state index in [4.69, 9.17) is 37.0 Å². The van der Waals surface area contributed by atoms with Crippen LogP contribution in [0.2, 0.25) is 0 Å². The maximum Gasteiger partial charge on any atom is 0.472 e. The molecule has 552 valence electrons. The minimum Gasteiger partial charge on any atom is -0.462 e. The summed E-state index contributed by atoms with van der Waals surface area (Å²) in [6.07, 6.45) is 47.1. The second-order valence-corrected chi connectivity index (χ2v) is 31.5. The molecule has 0 spiro atoms. The molecule has 0 heterocycles. The van der Waals surface area contributed by atoms with E-state index in [-0.39, 0.29) is 25.7 Å². The Balaban J connectivity index is 5.27. The van der Waals surface area contributed by atoms with E-state index in [9.17, 15) is 43.2 Å². The van der Waals surface area contributed by atoms with E-state index in [1.165, 1.54) is 173 Å². The molecule has 0 aliphatic rings. The van der Waals surface area contributed by atoms with E-state index in [1.807, 2.05) is 0 Å². The van der Waals surface area contributed by atoms with Crippen LogP contribution in [0.15, 0.2) is 0 Å². The van der Waals surface area contributed by atoms with Crippen LogP contribution in [0.4, 0.5) is 0 Å². The molecule has 2 unspecified atom stereocenters. The number of phosphoric acid groups is 2. The summed E-state index contributed by atoms with van der Waals surface area (Å²) in [6.45, 7) is 14.2. The van der Waals surface area contributed by atoms with E-state index >= 15 is 0 Å². The zero-order valence-electron chi connectivity index (χ0n) is 60.9. The third kappa shape index (κ3) is 68.4. The van der Waals surface area contributed by atoms with Crippen molar-refractivity contribution in [1.82, 2.24) is 0 Å². The van der Waals surface area contributed by atoms with Gasteiger partial charge in [0.2, 0.25) is 0 Å². The first-order chi connectivity index (χ1) is 44.6. The first-order valence-electron chi connectivity index (χ1n) is 38.2. The number of carbonyl (C=O) groups excluding carboxylic acids is 4. The lowest BCUT2D eigenvalue weighted by Gasteiger charge is -2.21. The number of aliphatic hydroxyl groups is 1. The van der Waals surface area contributed by atoms with Gasteiger partial charge in [-0.3, -0.25) is 37.3 Å². The first kappa shape index (κ1) is 91.1. The largest absolute Gasteiger partial charge is 0.472 e. The maximum atomic E-state index is 13.1. The normalized spacial score (nSPS) is 14.2. The van der Waals surface area contributed by atoms with Crippen molar-refractivity contribution in [2.24, 2.45) is 23.7 Å². The van der Waals surface area contributed by atoms with E-state index in [0.717, 1.165) is 114 Å². The quantitative estimate of drug-likeness (QED) is 0.0222. The minimum absolute atomic E-state index is 0.104. The third-order valence-corrected chi connectivity index (χ3v) is 19.0. The molecule has 0 radical (unpaired) electrons. The molecule has 0 aliphatic carbocycles. The Morgan fingerprint density at radius 1 is 0.269 bits per heavy atom. The summed E-state index contributed by atoms with van der Waals surface area (Å²) < 4.78 is 68.5. The maximum absolute atomic E-state index is 13.1. The number of rotatable bonds is 71. The van der Waals surface area contributed by atoms with Crippen molar-refractivity contribution >= 4 is 39.5 Å². The van der Waals surface area contributed by atoms with Crippen molar-refractivity contribution in [3.8, 4) is 0 Å². The number of hydrogen-bond donors (Lipinski definition) is 3. The van der Waals surface area contributed by atoms with Crippen LogP contribution < -0.4 is 0 Å². The molecular formula is C74H144O17P2. The summed E-state index contributed by atoms with van der Waals surface area (Å²) >= 11 is 0. The molecule has 0 aromatic rings. The fraction of sp³-hybridized carbons (Fsp3) is 0.946. The van der Waals surface area contributed by atoms with Crippen LogP contribution in [0.1, 0.15) is 370 Å². The molecule has 0 amide bonds. The van der Waals surface area contributed by atoms with E-state index in [1.54, 1.807) is 0 Å². The van der Waals surface area contributed by atoms with E-state index < -0.39 is 97.5 Å². The van der Waals surface area contributed by atoms with Gasteiger partial charge in [0.1, 0.15) is 19.3 Å². The lowest BCUT2D eigenvalue weighted by Crippen LogP contribution is -2.30. The number of aliphatic hydroxyl groups excluding tert-OH is 1. The average molecular weight is 1370 g/mol. The number of hydrogen-bond acceptors (Lipinski definition) is 15. The first-order valence-corrected chi connectivity index (χ1v) is 41.2. The summed E-state index contributed by atoms with van der Waals surface area (Å²) in [7, 11) is -9.91. The lowest BCUT2D eigenvalue weighted by atomic mass is 10.0. The average Bonchev–Trinajstić information content (AvgIpc) is 1.56. The monoisotopic (exact) mass is 1370 g/mol. The molecular weight excluding hydrogens is 1220 g/mol. The van der Waals surface area contributed by atoms with Gasteiger partial charge in [0, 0.05) is 25.7 Å². The zero-order chi connectivity index (χ0) is 68.9. The molecule has 5 atom stereocenters. The van der Waals surface area contributed by atoms with Crippen LogP contribution in [-0.2, 0) is 65.4 Å².